The Balaban J connectivity index is 2.27. The molecule has 0 atom stereocenters. The van der Waals surface area contributed by atoms with Crippen molar-refractivity contribution in [2.75, 3.05) is 13.1 Å². The molecule has 0 aliphatic heterocycles. The first-order valence-corrected chi connectivity index (χ1v) is 8.02. The van der Waals surface area contributed by atoms with Gasteiger partial charge in [-0.2, -0.15) is 0 Å². The molecule has 0 unspecified atom stereocenters. The quantitative estimate of drug-likeness (QED) is 0.867. The molecule has 0 aromatic carbocycles. The van der Waals surface area contributed by atoms with Gasteiger partial charge in [0.15, 0.2) is 5.69 Å². The molecule has 22 heavy (non-hydrogen) atoms. The Bertz CT molecular complexity index is 531. The molecule has 122 valence electrons. The second-order valence-electron chi connectivity index (χ2n) is 5.69. The molecule has 1 N–H and O–H groups in total. The Morgan fingerprint density at radius 2 is 1.86 bits per heavy atom. The summed E-state index contributed by atoms with van der Waals surface area (Å²) in [5, 5.41) is 17.1. The molecule has 1 aliphatic carbocycles. The van der Waals surface area contributed by atoms with E-state index in [4.69, 9.17) is 0 Å². The molecule has 1 aromatic heterocycles. The second-order valence-corrected chi connectivity index (χ2v) is 5.69. The van der Waals surface area contributed by atoms with Gasteiger partial charge in [0, 0.05) is 19.0 Å². The van der Waals surface area contributed by atoms with Crippen molar-refractivity contribution in [2.45, 2.75) is 58.4 Å². The minimum atomic E-state index is -1.07. The Hall–Kier alpha value is -1.92. The van der Waals surface area contributed by atoms with E-state index in [2.05, 4.69) is 10.3 Å². The van der Waals surface area contributed by atoms with Crippen LogP contribution in [-0.2, 0) is 11.3 Å². The fourth-order valence-corrected chi connectivity index (χ4v) is 3.17. The summed E-state index contributed by atoms with van der Waals surface area (Å²) >= 11 is 0. The first-order valence-electron chi connectivity index (χ1n) is 8.02. The molecule has 0 bridgehead atoms. The van der Waals surface area contributed by atoms with Crippen molar-refractivity contribution >= 4 is 11.9 Å². The minimum Gasteiger partial charge on any atom is -0.476 e. The van der Waals surface area contributed by atoms with Crippen molar-refractivity contribution in [3.63, 3.8) is 0 Å². The third-order valence-electron chi connectivity index (χ3n) is 4.37. The number of nitrogens with zero attached hydrogens (tertiary/aromatic N) is 4. The number of likely N-dealkylation sites (N-methyl/N-ethyl adjacent to an activating group) is 1. The van der Waals surface area contributed by atoms with Crippen LogP contribution >= 0.6 is 0 Å². The van der Waals surface area contributed by atoms with Gasteiger partial charge in [-0.25, -0.2) is 9.48 Å². The molecule has 0 saturated heterocycles. The van der Waals surface area contributed by atoms with E-state index >= 15 is 0 Å². The molecule has 1 amide bonds. The lowest BCUT2D eigenvalue weighted by Gasteiger charge is -2.24. The minimum absolute atomic E-state index is 0.000697. The zero-order valence-corrected chi connectivity index (χ0v) is 13.3. The number of aromatic nitrogens is 3. The summed E-state index contributed by atoms with van der Waals surface area (Å²) in [7, 11) is 0. The zero-order valence-electron chi connectivity index (χ0n) is 13.3. The zero-order chi connectivity index (χ0) is 16.1. The summed E-state index contributed by atoms with van der Waals surface area (Å²) in [5.41, 5.74) is 0.618. The summed E-state index contributed by atoms with van der Waals surface area (Å²) in [6.07, 6.45) is 5.22. The summed E-state index contributed by atoms with van der Waals surface area (Å²) < 4.78 is 1.50. The summed E-state index contributed by atoms with van der Waals surface area (Å²) in [5.74, 6) is -0.981. The van der Waals surface area contributed by atoms with Crippen molar-refractivity contribution in [3.8, 4) is 0 Å². The van der Waals surface area contributed by atoms with Crippen LogP contribution in [0.2, 0.25) is 0 Å². The van der Waals surface area contributed by atoms with Crippen molar-refractivity contribution in [1.29, 1.82) is 0 Å². The third-order valence-corrected chi connectivity index (χ3v) is 4.37. The highest BCUT2D eigenvalue weighted by Crippen LogP contribution is 2.33. The Morgan fingerprint density at radius 1 is 1.23 bits per heavy atom. The molecule has 0 radical (unpaired) electrons. The molecule has 7 heteroatoms. The molecular weight excluding hydrogens is 284 g/mol. The van der Waals surface area contributed by atoms with Crippen molar-refractivity contribution in [1.82, 2.24) is 19.9 Å². The molecule has 1 aliphatic rings. The number of carbonyl (C=O) groups excluding carboxylic acids is 1. The highest BCUT2D eigenvalue weighted by atomic mass is 16.4. The molecular formula is C15H24N4O3. The van der Waals surface area contributed by atoms with E-state index < -0.39 is 5.97 Å². The van der Waals surface area contributed by atoms with Gasteiger partial charge in [0.2, 0.25) is 5.91 Å². The van der Waals surface area contributed by atoms with E-state index in [0.29, 0.717) is 18.8 Å². The van der Waals surface area contributed by atoms with Crippen LogP contribution in [0.5, 0.6) is 0 Å². The van der Waals surface area contributed by atoms with Crippen molar-refractivity contribution in [3.05, 3.63) is 11.4 Å². The number of carboxylic acid groups (broad SMARTS) is 1. The normalized spacial score (nSPS) is 15.7. The molecule has 0 spiro atoms. The van der Waals surface area contributed by atoms with Crippen LogP contribution in [0.4, 0.5) is 0 Å². The van der Waals surface area contributed by atoms with Gasteiger partial charge < -0.3 is 10.0 Å². The summed E-state index contributed by atoms with van der Waals surface area (Å²) in [6, 6.07) is 0. The fourth-order valence-electron chi connectivity index (χ4n) is 3.17. The van der Waals surface area contributed by atoms with Gasteiger partial charge in [0.1, 0.15) is 6.54 Å². The Morgan fingerprint density at radius 3 is 2.41 bits per heavy atom. The average molecular weight is 308 g/mol. The van der Waals surface area contributed by atoms with Crippen LogP contribution in [0.1, 0.15) is 68.1 Å². The maximum absolute atomic E-state index is 12.3. The fraction of sp³-hybridized carbons (Fsp3) is 0.733. The molecule has 1 aromatic rings. The predicted molar refractivity (Wildman–Crippen MR) is 80.7 cm³/mol. The lowest BCUT2D eigenvalue weighted by molar-refractivity contribution is -0.131. The van der Waals surface area contributed by atoms with Crippen molar-refractivity contribution in [2.24, 2.45) is 0 Å². The monoisotopic (exact) mass is 308 g/mol. The van der Waals surface area contributed by atoms with Gasteiger partial charge >= 0.3 is 5.97 Å². The Labute approximate surface area is 130 Å². The van der Waals surface area contributed by atoms with Gasteiger partial charge in [-0.3, -0.25) is 4.79 Å². The van der Waals surface area contributed by atoms with Gasteiger partial charge in [0.25, 0.3) is 0 Å². The highest BCUT2D eigenvalue weighted by molar-refractivity contribution is 5.87. The topological polar surface area (TPSA) is 88.3 Å². The Kier molecular flexibility index (Phi) is 5.51. The first kappa shape index (κ1) is 16.5. The lowest BCUT2D eigenvalue weighted by Crippen LogP contribution is -2.34. The van der Waals surface area contributed by atoms with E-state index in [1.54, 1.807) is 4.90 Å². The van der Waals surface area contributed by atoms with E-state index in [1.165, 1.54) is 11.1 Å². The largest absolute Gasteiger partial charge is 0.476 e. The standard InChI is InChI=1S/C15H24N4O3/c1-3-18(4-2)12(20)10-19-14(11-8-6-5-7-9-11)13(15(21)22)16-17-19/h11H,3-10H2,1-2H3,(H,21,22). The summed E-state index contributed by atoms with van der Waals surface area (Å²) in [4.78, 5) is 25.4. The van der Waals surface area contributed by atoms with Crippen LogP contribution < -0.4 is 0 Å². The molecule has 1 heterocycles. The van der Waals surface area contributed by atoms with Crippen LogP contribution in [0, 0.1) is 0 Å². The van der Waals surface area contributed by atoms with Gasteiger partial charge in [-0.1, -0.05) is 24.5 Å². The summed E-state index contributed by atoms with van der Waals surface area (Å²) in [6.45, 7) is 5.18. The van der Waals surface area contributed by atoms with Crippen LogP contribution in [0.3, 0.4) is 0 Å². The molecule has 7 nitrogen and oxygen atoms in total. The molecule has 1 saturated carbocycles. The van der Waals surface area contributed by atoms with Gasteiger partial charge in [0.05, 0.1) is 5.69 Å². The number of amides is 1. The van der Waals surface area contributed by atoms with E-state index in [9.17, 15) is 14.7 Å². The number of hydrogen-bond donors (Lipinski definition) is 1. The molecule has 2 rings (SSSR count). The number of rotatable bonds is 6. The lowest BCUT2D eigenvalue weighted by atomic mass is 9.86. The second kappa shape index (κ2) is 7.38. The molecule has 1 fully saturated rings. The maximum Gasteiger partial charge on any atom is 0.358 e. The smallest absolute Gasteiger partial charge is 0.358 e. The van der Waals surface area contributed by atoms with E-state index in [-0.39, 0.29) is 24.1 Å². The number of aromatic carboxylic acids is 1. The van der Waals surface area contributed by atoms with E-state index in [0.717, 1.165) is 25.7 Å². The maximum atomic E-state index is 12.3. The van der Waals surface area contributed by atoms with Gasteiger partial charge in [-0.05, 0) is 26.7 Å². The highest BCUT2D eigenvalue weighted by Gasteiger charge is 2.28. The van der Waals surface area contributed by atoms with Crippen LogP contribution in [0.15, 0.2) is 0 Å². The number of carbonyl (C=O) groups is 2. The predicted octanol–water partition coefficient (Wildman–Crippen LogP) is 1.89. The number of carboxylic acids is 1. The van der Waals surface area contributed by atoms with Crippen LogP contribution in [0.25, 0.3) is 0 Å². The van der Waals surface area contributed by atoms with Crippen LogP contribution in [-0.4, -0.2) is 50.0 Å². The van der Waals surface area contributed by atoms with Gasteiger partial charge in [-0.15, -0.1) is 5.10 Å². The average Bonchev–Trinajstić information content (AvgIpc) is 2.93. The van der Waals surface area contributed by atoms with E-state index in [1.807, 2.05) is 13.8 Å². The first-order chi connectivity index (χ1) is 10.6. The van der Waals surface area contributed by atoms with Crippen molar-refractivity contribution < 1.29 is 14.7 Å². The third kappa shape index (κ3) is 3.45. The SMILES string of the molecule is CCN(CC)C(=O)Cn1nnc(C(=O)O)c1C1CCCCC1. The number of hydrogen-bond acceptors (Lipinski definition) is 4.